The molecule has 0 spiro atoms. The standard InChI is InChI=1S/C22H24Cl2N2OS/c1-4-26(5-2)14-15-8-9-16(22-7-6-10-28-22)19(11-15)25-20-13-21(27-3)18(24)12-17(20)23/h6-13,25H,4-5,14H2,1-3H3. The van der Waals surface area contributed by atoms with Crippen molar-refractivity contribution in [3.05, 3.63) is 63.5 Å². The Kier molecular flexibility index (Phi) is 7.24. The molecule has 0 aliphatic rings. The molecule has 1 aromatic heterocycles. The van der Waals surface area contributed by atoms with Crippen molar-refractivity contribution in [2.75, 3.05) is 25.5 Å². The molecule has 3 aromatic rings. The van der Waals surface area contributed by atoms with Gasteiger partial charge in [-0.15, -0.1) is 11.3 Å². The molecule has 0 atom stereocenters. The maximum atomic E-state index is 6.45. The molecule has 28 heavy (non-hydrogen) atoms. The number of rotatable bonds is 8. The van der Waals surface area contributed by atoms with E-state index in [2.05, 4.69) is 59.8 Å². The third kappa shape index (κ3) is 4.81. The summed E-state index contributed by atoms with van der Waals surface area (Å²) < 4.78 is 5.35. The maximum Gasteiger partial charge on any atom is 0.139 e. The molecule has 0 saturated carbocycles. The molecule has 0 bridgehead atoms. The third-order valence-electron chi connectivity index (χ3n) is 4.68. The number of hydrogen-bond acceptors (Lipinski definition) is 4. The van der Waals surface area contributed by atoms with Crippen LogP contribution in [0.2, 0.25) is 10.0 Å². The molecule has 0 aliphatic carbocycles. The van der Waals surface area contributed by atoms with Gasteiger partial charge in [-0.25, -0.2) is 0 Å². The zero-order chi connectivity index (χ0) is 20.1. The van der Waals surface area contributed by atoms with E-state index in [0.29, 0.717) is 15.8 Å². The van der Waals surface area contributed by atoms with E-state index in [-0.39, 0.29) is 0 Å². The molecule has 3 rings (SSSR count). The summed E-state index contributed by atoms with van der Waals surface area (Å²) in [4.78, 5) is 3.59. The van der Waals surface area contributed by atoms with Crippen LogP contribution in [0.1, 0.15) is 19.4 Å². The second-order valence-electron chi connectivity index (χ2n) is 6.41. The molecule has 0 amide bonds. The third-order valence-corrected chi connectivity index (χ3v) is 6.19. The van der Waals surface area contributed by atoms with E-state index in [9.17, 15) is 0 Å². The quantitative estimate of drug-likeness (QED) is 0.401. The number of ether oxygens (including phenoxy) is 1. The van der Waals surface area contributed by atoms with Crippen molar-refractivity contribution >= 4 is 45.9 Å². The number of thiophene rings is 1. The summed E-state index contributed by atoms with van der Waals surface area (Å²) in [7, 11) is 1.60. The Morgan fingerprint density at radius 3 is 2.43 bits per heavy atom. The average Bonchev–Trinajstić information content (AvgIpc) is 3.23. The van der Waals surface area contributed by atoms with Crippen molar-refractivity contribution in [3.8, 4) is 16.2 Å². The Balaban J connectivity index is 2.01. The Hall–Kier alpha value is -1.72. The van der Waals surface area contributed by atoms with Crippen LogP contribution < -0.4 is 10.1 Å². The minimum atomic E-state index is 0.492. The van der Waals surface area contributed by atoms with E-state index in [1.807, 2.05) is 6.07 Å². The highest BCUT2D eigenvalue weighted by Gasteiger charge is 2.13. The van der Waals surface area contributed by atoms with Crippen LogP contribution in [-0.2, 0) is 6.54 Å². The predicted octanol–water partition coefficient (Wildman–Crippen LogP) is 7.32. The largest absolute Gasteiger partial charge is 0.495 e. The first kappa shape index (κ1) is 21.0. The molecule has 0 radical (unpaired) electrons. The molecular formula is C22H24Cl2N2OS. The van der Waals surface area contributed by atoms with Crippen molar-refractivity contribution in [3.63, 3.8) is 0 Å². The summed E-state index contributed by atoms with van der Waals surface area (Å²) in [6.07, 6.45) is 0. The van der Waals surface area contributed by atoms with Gasteiger partial charge in [0.2, 0.25) is 0 Å². The van der Waals surface area contributed by atoms with Crippen LogP contribution >= 0.6 is 34.5 Å². The van der Waals surface area contributed by atoms with Crippen molar-refractivity contribution < 1.29 is 4.74 Å². The lowest BCUT2D eigenvalue weighted by Gasteiger charge is -2.20. The van der Waals surface area contributed by atoms with Gasteiger partial charge in [-0.1, -0.05) is 55.2 Å². The van der Waals surface area contributed by atoms with Crippen molar-refractivity contribution in [1.29, 1.82) is 0 Å². The molecule has 1 heterocycles. The van der Waals surface area contributed by atoms with E-state index in [1.54, 1.807) is 24.5 Å². The summed E-state index contributed by atoms with van der Waals surface area (Å²) in [6, 6.07) is 14.3. The zero-order valence-corrected chi connectivity index (χ0v) is 18.6. The van der Waals surface area contributed by atoms with Crippen molar-refractivity contribution in [2.45, 2.75) is 20.4 Å². The smallest absolute Gasteiger partial charge is 0.139 e. The second kappa shape index (κ2) is 9.66. The SMILES string of the molecule is CCN(CC)Cc1ccc(-c2cccs2)c(Nc2cc(OC)c(Cl)cc2Cl)c1. The van der Waals surface area contributed by atoms with Crippen molar-refractivity contribution in [2.24, 2.45) is 0 Å². The Bertz CT molecular complexity index is 925. The van der Waals surface area contributed by atoms with Gasteiger partial charge in [0.25, 0.3) is 0 Å². The highest BCUT2D eigenvalue weighted by molar-refractivity contribution is 7.13. The van der Waals surface area contributed by atoms with Crippen LogP contribution in [0.15, 0.2) is 47.8 Å². The maximum absolute atomic E-state index is 6.45. The van der Waals surface area contributed by atoms with Gasteiger partial charge >= 0.3 is 0 Å². The molecule has 0 saturated heterocycles. The fraction of sp³-hybridized carbons (Fsp3) is 0.273. The Morgan fingerprint density at radius 1 is 1.00 bits per heavy atom. The zero-order valence-electron chi connectivity index (χ0n) is 16.3. The first-order valence-corrected chi connectivity index (χ1v) is 10.9. The Morgan fingerprint density at radius 2 is 1.79 bits per heavy atom. The van der Waals surface area contributed by atoms with Crippen LogP contribution in [0.3, 0.4) is 0 Å². The highest BCUT2D eigenvalue weighted by atomic mass is 35.5. The van der Waals surface area contributed by atoms with E-state index < -0.39 is 0 Å². The molecule has 0 fully saturated rings. The lowest BCUT2D eigenvalue weighted by atomic mass is 10.1. The minimum absolute atomic E-state index is 0.492. The molecule has 6 heteroatoms. The van der Waals surface area contributed by atoms with Crippen LogP contribution in [0.5, 0.6) is 5.75 Å². The van der Waals surface area contributed by atoms with Gasteiger partial charge in [-0.05, 0) is 42.2 Å². The van der Waals surface area contributed by atoms with Gasteiger partial charge in [-0.2, -0.15) is 0 Å². The van der Waals surface area contributed by atoms with Crippen molar-refractivity contribution in [1.82, 2.24) is 4.90 Å². The summed E-state index contributed by atoms with van der Waals surface area (Å²) in [6.45, 7) is 7.31. The molecule has 148 valence electrons. The van der Waals surface area contributed by atoms with Gasteiger partial charge in [0.05, 0.1) is 22.8 Å². The minimum Gasteiger partial charge on any atom is -0.495 e. The van der Waals surface area contributed by atoms with E-state index >= 15 is 0 Å². The molecular weight excluding hydrogens is 411 g/mol. The molecule has 3 nitrogen and oxygen atoms in total. The molecule has 2 aromatic carbocycles. The molecule has 0 unspecified atom stereocenters. The number of benzene rings is 2. The first-order chi connectivity index (χ1) is 13.5. The normalized spacial score (nSPS) is 11.1. The summed E-state index contributed by atoms with van der Waals surface area (Å²) in [5.41, 5.74) is 4.17. The van der Waals surface area contributed by atoms with Gasteiger partial charge in [0.1, 0.15) is 5.75 Å². The van der Waals surface area contributed by atoms with E-state index in [4.69, 9.17) is 27.9 Å². The highest BCUT2D eigenvalue weighted by Crippen LogP contribution is 2.39. The van der Waals surface area contributed by atoms with Crippen LogP contribution in [0, 0.1) is 0 Å². The predicted molar refractivity (Wildman–Crippen MR) is 123 cm³/mol. The fourth-order valence-electron chi connectivity index (χ4n) is 3.07. The summed E-state index contributed by atoms with van der Waals surface area (Å²) >= 11 is 14.4. The monoisotopic (exact) mass is 434 g/mol. The van der Waals surface area contributed by atoms with E-state index in [0.717, 1.165) is 36.6 Å². The van der Waals surface area contributed by atoms with Gasteiger partial charge in [0.15, 0.2) is 0 Å². The number of methoxy groups -OCH3 is 1. The lowest BCUT2D eigenvalue weighted by Crippen LogP contribution is -2.22. The summed E-state index contributed by atoms with van der Waals surface area (Å²) in [5, 5.41) is 6.63. The molecule has 0 aliphatic heterocycles. The van der Waals surface area contributed by atoms with E-state index in [1.165, 1.54) is 10.4 Å². The lowest BCUT2D eigenvalue weighted by molar-refractivity contribution is 0.296. The van der Waals surface area contributed by atoms with Crippen LogP contribution in [0.4, 0.5) is 11.4 Å². The fourth-order valence-corrected chi connectivity index (χ4v) is 4.35. The number of hydrogen-bond donors (Lipinski definition) is 1. The number of nitrogens with one attached hydrogen (secondary N) is 1. The van der Waals surface area contributed by atoms with Gasteiger partial charge < -0.3 is 10.1 Å². The number of anilines is 2. The molecule has 1 N–H and O–H groups in total. The van der Waals surface area contributed by atoms with Gasteiger partial charge in [0, 0.05) is 28.7 Å². The van der Waals surface area contributed by atoms with Crippen LogP contribution in [0.25, 0.3) is 10.4 Å². The number of nitrogens with zero attached hydrogens (tertiary/aromatic N) is 1. The first-order valence-electron chi connectivity index (χ1n) is 9.24. The van der Waals surface area contributed by atoms with Gasteiger partial charge in [-0.3, -0.25) is 4.90 Å². The topological polar surface area (TPSA) is 24.5 Å². The second-order valence-corrected chi connectivity index (χ2v) is 8.17. The Labute approximate surface area is 180 Å². The number of halogens is 2. The van der Waals surface area contributed by atoms with Crippen LogP contribution in [-0.4, -0.2) is 25.1 Å². The average molecular weight is 435 g/mol. The summed E-state index contributed by atoms with van der Waals surface area (Å²) in [5.74, 6) is 0.588.